The zero-order valence-corrected chi connectivity index (χ0v) is 13.0. The Kier molecular flexibility index (Phi) is 3.36. The van der Waals surface area contributed by atoms with E-state index in [-0.39, 0.29) is 11.0 Å². The van der Waals surface area contributed by atoms with Gasteiger partial charge in [0.2, 0.25) is 5.95 Å². The predicted octanol–water partition coefficient (Wildman–Crippen LogP) is 4.82. The van der Waals surface area contributed by atoms with Gasteiger partial charge in [-0.15, -0.1) is 0 Å². The minimum absolute atomic E-state index is 0.211. The van der Waals surface area contributed by atoms with Gasteiger partial charge in [0.05, 0.1) is 26.8 Å². The Morgan fingerprint density at radius 1 is 1.20 bits per heavy atom. The van der Waals surface area contributed by atoms with Gasteiger partial charge in [-0.25, -0.2) is 9.37 Å². The molecule has 0 atom stereocenters. The van der Waals surface area contributed by atoms with Crippen molar-refractivity contribution in [3.63, 3.8) is 0 Å². The van der Waals surface area contributed by atoms with Crippen LogP contribution in [0, 0.1) is 5.82 Å². The normalized spacial score (nSPS) is 11.2. The smallest absolute Gasteiger partial charge is 0.206 e. The van der Waals surface area contributed by atoms with Crippen LogP contribution in [0.3, 0.4) is 0 Å². The van der Waals surface area contributed by atoms with Gasteiger partial charge in [0.15, 0.2) is 0 Å². The summed E-state index contributed by atoms with van der Waals surface area (Å²) < 4.78 is 15.4. The minimum Gasteiger partial charge on any atom is -0.369 e. The quantitative estimate of drug-likeness (QED) is 0.663. The molecule has 2 N–H and O–H groups in total. The van der Waals surface area contributed by atoms with Gasteiger partial charge in [-0.1, -0.05) is 29.3 Å². The second kappa shape index (κ2) is 4.91. The number of rotatable bonds is 1. The minimum atomic E-state index is -0.445. The van der Waals surface area contributed by atoms with E-state index < -0.39 is 5.82 Å². The van der Waals surface area contributed by atoms with Gasteiger partial charge in [0.1, 0.15) is 5.82 Å². The van der Waals surface area contributed by atoms with Crippen molar-refractivity contribution in [2.75, 3.05) is 5.73 Å². The number of nitrogens with two attached hydrogens (primary N) is 1. The van der Waals surface area contributed by atoms with Crippen molar-refractivity contribution in [3.8, 4) is 5.69 Å². The molecule has 102 valence electrons. The summed E-state index contributed by atoms with van der Waals surface area (Å²) >= 11 is 15.6. The number of fused-ring (bicyclic) bond motifs is 1. The van der Waals surface area contributed by atoms with Crippen molar-refractivity contribution < 1.29 is 4.39 Å². The Labute approximate surface area is 132 Å². The van der Waals surface area contributed by atoms with Crippen molar-refractivity contribution in [1.82, 2.24) is 9.55 Å². The fourth-order valence-electron chi connectivity index (χ4n) is 2.08. The fraction of sp³-hybridized carbons (Fsp3) is 0. The summed E-state index contributed by atoms with van der Waals surface area (Å²) in [6.07, 6.45) is 0. The van der Waals surface area contributed by atoms with Crippen LogP contribution in [0.1, 0.15) is 0 Å². The molecule has 0 saturated carbocycles. The first-order valence-electron chi connectivity index (χ1n) is 5.56. The number of hydrogen-bond donors (Lipinski definition) is 1. The molecule has 2 aromatic carbocycles. The van der Waals surface area contributed by atoms with Crippen LogP contribution >= 0.6 is 39.1 Å². The molecule has 0 saturated heterocycles. The Morgan fingerprint density at radius 3 is 2.65 bits per heavy atom. The maximum absolute atomic E-state index is 13.3. The van der Waals surface area contributed by atoms with E-state index in [1.807, 2.05) is 0 Å². The number of benzene rings is 2. The molecule has 0 spiro atoms. The van der Waals surface area contributed by atoms with Gasteiger partial charge in [0.25, 0.3) is 0 Å². The molecule has 0 aliphatic heterocycles. The van der Waals surface area contributed by atoms with E-state index in [2.05, 4.69) is 20.9 Å². The maximum atomic E-state index is 13.3. The van der Waals surface area contributed by atoms with E-state index in [0.717, 1.165) is 0 Å². The molecule has 0 aliphatic carbocycles. The van der Waals surface area contributed by atoms with Crippen LogP contribution in [0.5, 0.6) is 0 Å². The summed E-state index contributed by atoms with van der Waals surface area (Å²) in [4.78, 5) is 4.24. The first kappa shape index (κ1) is 13.7. The fourth-order valence-corrected chi connectivity index (χ4v) is 3.35. The van der Waals surface area contributed by atoms with Gasteiger partial charge < -0.3 is 5.73 Å². The first-order chi connectivity index (χ1) is 9.49. The number of nitrogen functional groups attached to an aromatic ring is 1. The molecule has 0 unspecified atom stereocenters. The number of nitrogens with zero attached hydrogens (tertiary/aromatic N) is 2. The lowest BCUT2D eigenvalue weighted by Gasteiger charge is -2.12. The molecule has 7 heteroatoms. The summed E-state index contributed by atoms with van der Waals surface area (Å²) in [7, 11) is 0. The SMILES string of the molecule is Nc1nc2cccc(Cl)c2n1-c1c(Cl)cc(F)cc1Br. The highest BCUT2D eigenvalue weighted by Gasteiger charge is 2.18. The van der Waals surface area contributed by atoms with E-state index in [1.165, 1.54) is 12.1 Å². The lowest BCUT2D eigenvalue weighted by Crippen LogP contribution is -2.03. The maximum Gasteiger partial charge on any atom is 0.206 e. The Hall–Kier alpha value is -1.30. The highest BCUT2D eigenvalue weighted by atomic mass is 79.9. The van der Waals surface area contributed by atoms with Gasteiger partial charge in [-0.05, 0) is 40.2 Å². The number of halogens is 4. The van der Waals surface area contributed by atoms with Crippen LogP contribution in [-0.2, 0) is 0 Å². The van der Waals surface area contributed by atoms with Gasteiger partial charge in [-0.3, -0.25) is 4.57 Å². The van der Waals surface area contributed by atoms with Crippen molar-refractivity contribution in [2.45, 2.75) is 0 Å². The number of imidazole rings is 1. The van der Waals surface area contributed by atoms with E-state index in [4.69, 9.17) is 28.9 Å². The molecule has 20 heavy (non-hydrogen) atoms. The van der Waals surface area contributed by atoms with Crippen LogP contribution in [0.4, 0.5) is 10.3 Å². The van der Waals surface area contributed by atoms with Crippen LogP contribution < -0.4 is 5.73 Å². The molecule has 0 radical (unpaired) electrons. The Bertz CT molecular complexity index is 809. The first-order valence-corrected chi connectivity index (χ1v) is 7.11. The molecular weight excluding hydrogens is 368 g/mol. The lowest BCUT2D eigenvalue weighted by atomic mass is 10.2. The van der Waals surface area contributed by atoms with E-state index >= 15 is 0 Å². The number of anilines is 1. The van der Waals surface area contributed by atoms with Gasteiger partial charge in [-0.2, -0.15) is 0 Å². The zero-order chi connectivity index (χ0) is 14.4. The van der Waals surface area contributed by atoms with E-state index in [9.17, 15) is 4.39 Å². The lowest BCUT2D eigenvalue weighted by molar-refractivity contribution is 0.626. The standard InChI is InChI=1S/C13H7BrCl2FN3/c14-7-4-6(17)5-9(16)11(7)20-12-8(15)2-1-3-10(12)19-13(20)18/h1-5H,(H2,18,19). The third-order valence-electron chi connectivity index (χ3n) is 2.86. The zero-order valence-electron chi connectivity index (χ0n) is 9.87. The molecule has 0 fully saturated rings. The highest BCUT2D eigenvalue weighted by molar-refractivity contribution is 9.10. The Morgan fingerprint density at radius 2 is 1.95 bits per heavy atom. The molecule has 0 bridgehead atoms. The van der Waals surface area contributed by atoms with Crippen molar-refractivity contribution >= 4 is 56.1 Å². The second-order valence-corrected chi connectivity index (χ2v) is 5.80. The third kappa shape index (κ3) is 2.06. The molecule has 3 aromatic rings. The van der Waals surface area contributed by atoms with Gasteiger partial charge >= 0.3 is 0 Å². The number of para-hydroxylation sites is 1. The van der Waals surface area contributed by atoms with Crippen LogP contribution in [0.2, 0.25) is 10.0 Å². The average Bonchev–Trinajstić information content (AvgIpc) is 2.66. The van der Waals surface area contributed by atoms with Crippen LogP contribution in [-0.4, -0.2) is 9.55 Å². The van der Waals surface area contributed by atoms with E-state index in [0.29, 0.717) is 26.2 Å². The predicted molar refractivity (Wildman–Crippen MR) is 83.2 cm³/mol. The summed E-state index contributed by atoms with van der Waals surface area (Å²) in [5.74, 6) is -0.220. The monoisotopic (exact) mass is 373 g/mol. The number of aromatic nitrogens is 2. The summed E-state index contributed by atoms with van der Waals surface area (Å²) in [5.41, 5.74) is 7.72. The van der Waals surface area contributed by atoms with E-state index in [1.54, 1.807) is 22.8 Å². The Balaban J connectivity index is 2.44. The number of hydrogen-bond acceptors (Lipinski definition) is 2. The van der Waals surface area contributed by atoms with Crippen molar-refractivity contribution in [3.05, 3.63) is 50.7 Å². The largest absolute Gasteiger partial charge is 0.369 e. The van der Waals surface area contributed by atoms with Crippen LogP contribution in [0.15, 0.2) is 34.8 Å². The highest BCUT2D eigenvalue weighted by Crippen LogP contribution is 2.36. The second-order valence-electron chi connectivity index (χ2n) is 4.13. The molecular formula is C13H7BrCl2FN3. The topological polar surface area (TPSA) is 43.8 Å². The van der Waals surface area contributed by atoms with Crippen molar-refractivity contribution in [1.29, 1.82) is 0 Å². The van der Waals surface area contributed by atoms with Crippen LogP contribution in [0.25, 0.3) is 16.7 Å². The molecule has 1 aromatic heterocycles. The molecule has 3 nitrogen and oxygen atoms in total. The molecule has 3 rings (SSSR count). The van der Waals surface area contributed by atoms with Crippen molar-refractivity contribution in [2.24, 2.45) is 0 Å². The molecule has 0 aliphatic rings. The van der Waals surface area contributed by atoms with Gasteiger partial charge in [0, 0.05) is 4.47 Å². The average molecular weight is 375 g/mol. The molecule has 0 amide bonds. The summed E-state index contributed by atoms with van der Waals surface area (Å²) in [6, 6.07) is 7.82. The summed E-state index contributed by atoms with van der Waals surface area (Å²) in [6.45, 7) is 0. The third-order valence-corrected chi connectivity index (χ3v) is 4.06. The summed E-state index contributed by atoms with van der Waals surface area (Å²) in [5, 5.41) is 0.696. The molecule has 1 heterocycles.